The number of hydrogen-bond donors (Lipinski definition) is 1. The molecule has 0 amide bonds. The second kappa shape index (κ2) is 5.54. The minimum atomic E-state index is -0.794. The summed E-state index contributed by atoms with van der Waals surface area (Å²) in [4.78, 5) is 0. The Hall–Kier alpha value is -0.670. The molecule has 0 heterocycles. The zero-order valence-electron chi connectivity index (χ0n) is 11.5. The molecule has 3 heteroatoms. The Labute approximate surface area is 112 Å². The van der Waals surface area contributed by atoms with Crippen LogP contribution in [0.25, 0.3) is 0 Å². The Balaban J connectivity index is 2.07. The monoisotopic (exact) mass is 265 g/mol. The van der Waals surface area contributed by atoms with Gasteiger partial charge in [0.1, 0.15) is 0 Å². The average molecular weight is 265 g/mol. The van der Waals surface area contributed by atoms with Crippen molar-refractivity contribution in [1.29, 1.82) is 0 Å². The molecule has 18 heavy (non-hydrogen) atoms. The molecule has 1 aromatic carbocycles. The van der Waals surface area contributed by atoms with E-state index in [1.807, 2.05) is 0 Å². The lowest BCUT2D eigenvalue weighted by Crippen LogP contribution is -2.30. The summed E-state index contributed by atoms with van der Waals surface area (Å²) in [6.45, 7) is 6.32. The molecule has 100 valence electrons. The first kappa shape index (κ1) is 13.8. The molecule has 1 saturated carbocycles. The Bertz CT molecular complexity index is 438. The van der Waals surface area contributed by atoms with Gasteiger partial charge in [-0.1, -0.05) is 36.2 Å². The molecule has 0 radical (unpaired) electrons. The van der Waals surface area contributed by atoms with Crippen LogP contribution in [0, 0.1) is 19.8 Å². The summed E-state index contributed by atoms with van der Waals surface area (Å²) in [5.74, 6) is 1.06. The Morgan fingerprint density at radius 2 is 1.83 bits per heavy atom. The van der Waals surface area contributed by atoms with E-state index in [1.165, 1.54) is 16.7 Å². The fourth-order valence-electron chi connectivity index (χ4n) is 2.95. The van der Waals surface area contributed by atoms with Gasteiger partial charge >= 0.3 is 0 Å². The van der Waals surface area contributed by atoms with Crippen LogP contribution >= 0.6 is 0 Å². The quantitative estimate of drug-likeness (QED) is 0.913. The van der Waals surface area contributed by atoms with Crippen molar-refractivity contribution in [1.82, 2.24) is 0 Å². The van der Waals surface area contributed by atoms with Gasteiger partial charge in [0, 0.05) is 27.8 Å². The van der Waals surface area contributed by atoms with Crippen LogP contribution in [-0.2, 0) is 16.6 Å². The number of hydrogen-bond acceptors (Lipinski definition) is 2. The van der Waals surface area contributed by atoms with Gasteiger partial charge < -0.3 is 5.73 Å². The summed E-state index contributed by atoms with van der Waals surface area (Å²) in [5.41, 5.74) is 9.70. The number of benzene rings is 1. The van der Waals surface area contributed by atoms with Crippen LogP contribution in [0.2, 0.25) is 0 Å². The lowest BCUT2D eigenvalue weighted by molar-refractivity contribution is 0.526. The van der Waals surface area contributed by atoms with Gasteiger partial charge in [0.15, 0.2) is 0 Å². The zero-order chi connectivity index (χ0) is 13.3. The average Bonchev–Trinajstić information content (AvgIpc) is 2.58. The van der Waals surface area contributed by atoms with Crippen molar-refractivity contribution in [2.24, 2.45) is 11.7 Å². The van der Waals surface area contributed by atoms with Gasteiger partial charge in [-0.2, -0.15) is 0 Å². The van der Waals surface area contributed by atoms with Crippen molar-refractivity contribution in [3.8, 4) is 0 Å². The van der Waals surface area contributed by atoms with Gasteiger partial charge in [-0.15, -0.1) is 0 Å². The molecule has 2 N–H and O–H groups in total. The van der Waals surface area contributed by atoms with Crippen molar-refractivity contribution in [3.05, 3.63) is 34.9 Å². The third-order valence-electron chi connectivity index (χ3n) is 3.97. The minimum Gasteiger partial charge on any atom is -0.327 e. The summed E-state index contributed by atoms with van der Waals surface area (Å²) >= 11 is 0. The molecule has 0 aromatic heterocycles. The van der Waals surface area contributed by atoms with Gasteiger partial charge in [0.2, 0.25) is 0 Å². The Morgan fingerprint density at radius 3 is 2.33 bits per heavy atom. The lowest BCUT2D eigenvalue weighted by Gasteiger charge is -2.17. The van der Waals surface area contributed by atoms with Crippen molar-refractivity contribution in [2.45, 2.75) is 50.7 Å². The van der Waals surface area contributed by atoms with Gasteiger partial charge in [-0.25, -0.2) is 0 Å². The molecular formula is C15H23NOS. The fourth-order valence-corrected chi connectivity index (χ4v) is 4.74. The van der Waals surface area contributed by atoms with E-state index in [4.69, 9.17) is 5.73 Å². The summed E-state index contributed by atoms with van der Waals surface area (Å²) < 4.78 is 12.4. The predicted molar refractivity (Wildman–Crippen MR) is 77.9 cm³/mol. The summed E-state index contributed by atoms with van der Waals surface area (Å²) in [6, 6.07) is 6.67. The zero-order valence-corrected chi connectivity index (χ0v) is 12.3. The van der Waals surface area contributed by atoms with Crippen LogP contribution < -0.4 is 5.73 Å². The van der Waals surface area contributed by atoms with Crippen LogP contribution in [0.15, 0.2) is 18.2 Å². The SMILES string of the molecule is Cc1cc(C)cc(CS(=O)C2CCC(N)C2C)c1. The molecule has 2 rings (SSSR count). The molecule has 4 atom stereocenters. The molecule has 1 fully saturated rings. The van der Waals surface area contributed by atoms with Gasteiger partial charge in [0.25, 0.3) is 0 Å². The van der Waals surface area contributed by atoms with Crippen molar-refractivity contribution >= 4 is 10.8 Å². The van der Waals surface area contributed by atoms with Crippen molar-refractivity contribution < 1.29 is 4.21 Å². The number of aryl methyl sites for hydroxylation is 2. The van der Waals surface area contributed by atoms with E-state index < -0.39 is 10.8 Å². The van der Waals surface area contributed by atoms with E-state index in [-0.39, 0.29) is 11.3 Å². The smallest absolute Gasteiger partial charge is 0.0488 e. The topological polar surface area (TPSA) is 43.1 Å². The number of rotatable bonds is 3. The Morgan fingerprint density at radius 1 is 1.22 bits per heavy atom. The van der Waals surface area contributed by atoms with E-state index in [0.717, 1.165) is 12.8 Å². The summed E-state index contributed by atoms with van der Waals surface area (Å²) in [5, 5.41) is 0.279. The maximum atomic E-state index is 12.4. The van der Waals surface area contributed by atoms with E-state index in [0.29, 0.717) is 11.7 Å². The van der Waals surface area contributed by atoms with Crippen LogP contribution in [-0.4, -0.2) is 15.5 Å². The van der Waals surface area contributed by atoms with Crippen molar-refractivity contribution in [2.75, 3.05) is 0 Å². The molecule has 1 aliphatic carbocycles. The second-order valence-electron chi connectivity index (χ2n) is 5.66. The predicted octanol–water partition coefficient (Wildman–Crippen LogP) is 2.68. The molecule has 1 aliphatic rings. The first-order valence-electron chi connectivity index (χ1n) is 6.67. The van der Waals surface area contributed by atoms with Crippen LogP contribution in [0.3, 0.4) is 0 Å². The highest BCUT2D eigenvalue weighted by Gasteiger charge is 2.34. The summed E-state index contributed by atoms with van der Waals surface area (Å²) in [6.07, 6.45) is 2.03. The molecular weight excluding hydrogens is 242 g/mol. The highest BCUT2D eigenvalue weighted by Crippen LogP contribution is 2.30. The third kappa shape index (κ3) is 3.01. The highest BCUT2D eigenvalue weighted by molar-refractivity contribution is 7.84. The molecule has 1 aromatic rings. The van der Waals surface area contributed by atoms with Crippen LogP contribution in [0.4, 0.5) is 0 Å². The normalized spacial score (nSPS) is 29.4. The van der Waals surface area contributed by atoms with E-state index in [2.05, 4.69) is 39.0 Å². The maximum absolute atomic E-state index is 12.4. The molecule has 0 saturated heterocycles. The van der Waals surface area contributed by atoms with E-state index in [9.17, 15) is 4.21 Å². The van der Waals surface area contributed by atoms with Crippen LogP contribution in [0.5, 0.6) is 0 Å². The highest BCUT2D eigenvalue weighted by atomic mass is 32.2. The lowest BCUT2D eigenvalue weighted by atomic mass is 10.1. The van der Waals surface area contributed by atoms with Gasteiger partial charge in [-0.05, 0) is 38.2 Å². The first-order chi connectivity index (χ1) is 8.47. The maximum Gasteiger partial charge on any atom is 0.0488 e. The van der Waals surface area contributed by atoms with Crippen molar-refractivity contribution in [3.63, 3.8) is 0 Å². The largest absolute Gasteiger partial charge is 0.327 e. The molecule has 2 nitrogen and oxygen atoms in total. The minimum absolute atomic E-state index is 0.234. The van der Waals surface area contributed by atoms with E-state index in [1.54, 1.807) is 0 Å². The van der Waals surface area contributed by atoms with Crippen LogP contribution in [0.1, 0.15) is 36.5 Å². The van der Waals surface area contributed by atoms with Gasteiger partial charge in [0.05, 0.1) is 0 Å². The standard InChI is InChI=1S/C15H23NOS/c1-10-6-11(2)8-13(7-10)9-18(17)15-5-4-14(16)12(15)3/h6-8,12,14-15H,4-5,9,16H2,1-3H3. The molecule has 0 bridgehead atoms. The second-order valence-corrected chi connectivity index (χ2v) is 7.32. The third-order valence-corrected chi connectivity index (χ3v) is 5.93. The Kier molecular flexibility index (Phi) is 4.23. The first-order valence-corrected chi connectivity index (χ1v) is 8.05. The molecule has 4 unspecified atom stereocenters. The van der Waals surface area contributed by atoms with E-state index >= 15 is 0 Å². The van der Waals surface area contributed by atoms with Gasteiger partial charge in [-0.3, -0.25) is 4.21 Å². The molecule has 0 aliphatic heterocycles. The molecule has 0 spiro atoms. The summed E-state index contributed by atoms with van der Waals surface area (Å²) in [7, 11) is -0.794. The number of nitrogens with two attached hydrogens (primary N) is 1. The fraction of sp³-hybridized carbons (Fsp3) is 0.600.